The Hall–Kier alpha value is -2.90. The van der Waals surface area contributed by atoms with Crippen LogP contribution < -0.4 is 5.32 Å². The van der Waals surface area contributed by atoms with Crippen molar-refractivity contribution in [3.63, 3.8) is 0 Å². The van der Waals surface area contributed by atoms with Gasteiger partial charge in [0.05, 0.1) is 21.5 Å². The van der Waals surface area contributed by atoms with Crippen molar-refractivity contribution in [1.82, 2.24) is 9.78 Å². The highest BCUT2D eigenvalue weighted by Gasteiger charge is 2.20. The number of carbonyl (C=O) groups excluding carboxylic acids is 1. The summed E-state index contributed by atoms with van der Waals surface area (Å²) in [6, 6.07) is 12.7. The normalized spacial score (nSPS) is 10.6. The molecule has 1 aromatic heterocycles. The number of rotatable bonds is 5. The number of carbonyl (C=O) groups is 1. The van der Waals surface area contributed by atoms with Crippen LogP contribution in [0.15, 0.2) is 48.5 Å². The molecular formula is C18H14Cl2N4O3. The van der Waals surface area contributed by atoms with E-state index in [9.17, 15) is 14.9 Å². The maximum Gasteiger partial charge on any atom is 0.282 e. The van der Waals surface area contributed by atoms with Crippen LogP contribution in [0.1, 0.15) is 21.6 Å². The summed E-state index contributed by atoms with van der Waals surface area (Å²) in [4.78, 5) is 22.9. The van der Waals surface area contributed by atoms with Gasteiger partial charge in [0.15, 0.2) is 5.82 Å². The van der Waals surface area contributed by atoms with E-state index in [1.54, 1.807) is 28.9 Å². The third-order valence-electron chi connectivity index (χ3n) is 3.88. The number of hydrogen-bond donors (Lipinski definition) is 1. The first kappa shape index (κ1) is 18.9. The van der Waals surface area contributed by atoms with Gasteiger partial charge in [-0.3, -0.25) is 19.6 Å². The summed E-state index contributed by atoms with van der Waals surface area (Å²) in [6.07, 6.45) is 0. The molecule has 27 heavy (non-hydrogen) atoms. The molecule has 0 spiro atoms. The standard InChI is InChI=1S/C18H14Cl2N4O3/c1-11-8-17(21-18(25)13-4-2-3-5-16(13)24(26)27)22-23(11)10-12-6-7-14(19)15(20)9-12/h2-9H,10H2,1H3,(H,21,22,25). The fourth-order valence-electron chi connectivity index (χ4n) is 2.55. The van der Waals surface area contributed by atoms with E-state index in [4.69, 9.17) is 23.2 Å². The number of nitro benzene ring substituents is 1. The highest BCUT2D eigenvalue weighted by molar-refractivity contribution is 6.42. The molecule has 9 heteroatoms. The zero-order valence-corrected chi connectivity index (χ0v) is 15.7. The van der Waals surface area contributed by atoms with E-state index in [-0.39, 0.29) is 11.3 Å². The maximum absolute atomic E-state index is 12.4. The molecule has 0 fully saturated rings. The predicted molar refractivity (Wildman–Crippen MR) is 104 cm³/mol. The van der Waals surface area contributed by atoms with E-state index in [2.05, 4.69) is 10.4 Å². The molecule has 0 saturated heterocycles. The van der Waals surface area contributed by atoms with Crippen LogP contribution >= 0.6 is 23.2 Å². The maximum atomic E-state index is 12.4. The summed E-state index contributed by atoms with van der Waals surface area (Å²) in [5.41, 5.74) is 1.41. The van der Waals surface area contributed by atoms with Crippen LogP contribution in [0.25, 0.3) is 0 Å². The summed E-state index contributed by atoms with van der Waals surface area (Å²) in [7, 11) is 0. The third kappa shape index (κ3) is 4.27. The number of amides is 1. The second-order valence-corrected chi connectivity index (χ2v) is 6.62. The fraction of sp³-hybridized carbons (Fsp3) is 0.111. The lowest BCUT2D eigenvalue weighted by atomic mass is 10.1. The van der Waals surface area contributed by atoms with Crippen molar-refractivity contribution in [3.8, 4) is 0 Å². The second kappa shape index (κ2) is 7.77. The molecule has 0 atom stereocenters. The number of benzene rings is 2. The molecular weight excluding hydrogens is 391 g/mol. The van der Waals surface area contributed by atoms with E-state index < -0.39 is 10.8 Å². The van der Waals surface area contributed by atoms with Crippen molar-refractivity contribution in [2.24, 2.45) is 0 Å². The Morgan fingerprint density at radius 1 is 1.19 bits per heavy atom. The summed E-state index contributed by atoms with van der Waals surface area (Å²) >= 11 is 11.9. The average Bonchev–Trinajstić information content (AvgIpc) is 2.97. The molecule has 1 heterocycles. The summed E-state index contributed by atoms with van der Waals surface area (Å²) < 4.78 is 1.69. The third-order valence-corrected chi connectivity index (χ3v) is 4.62. The minimum absolute atomic E-state index is 0.0285. The number of anilines is 1. The van der Waals surface area contributed by atoms with Gasteiger partial charge in [0.25, 0.3) is 11.6 Å². The molecule has 1 N–H and O–H groups in total. The molecule has 7 nitrogen and oxygen atoms in total. The van der Waals surface area contributed by atoms with Gasteiger partial charge in [-0.15, -0.1) is 0 Å². The highest BCUT2D eigenvalue weighted by atomic mass is 35.5. The quantitative estimate of drug-likeness (QED) is 0.492. The van der Waals surface area contributed by atoms with Crippen molar-refractivity contribution in [1.29, 1.82) is 0 Å². The Morgan fingerprint density at radius 2 is 1.93 bits per heavy atom. The van der Waals surface area contributed by atoms with Crippen LogP contribution in [0.5, 0.6) is 0 Å². The van der Waals surface area contributed by atoms with Gasteiger partial charge in [-0.05, 0) is 30.7 Å². The fourth-order valence-corrected chi connectivity index (χ4v) is 2.87. The van der Waals surface area contributed by atoms with Crippen LogP contribution in [0.4, 0.5) is 11.5 Å². The van der Waals surface area contributed by atoms with Gasteiger partial charge >= 0.3 is 0 Å². The number of nitrogens with zero attached hydrogens (tertiary/aromatic N) is 3. The molecule has 3 aromatic rings. The minimum Gasteiger partial charge on any atom is -0.305 e. The van der Waals surface area contributed by atoms with Gasteiger partial charge in [-0.25, -0.2) is 0 Å². The molecule has 1 amide bonds. The highest BCUT2D eigenvalue weighted by Crippen LogP contribution is 2.24. The lowest BCUT2D eigenvalue weighted by Crippen LogP contribution is -2.14. The van der Waals surface area contributed by atoms with Crippen LogP contribution in [-0.4, -0.2) is 20.6 Å². The largest absolute Gasteiger partial charge is 0.305 e. The lowest BCUT2D eigenvalue weighted by Gasteiger charge is -2.06. The van der Waals surface area contributed by atoms with Crippen LogP contribution in [0, 0.1) is 17.0 Å². The van der Waals surface area contributed by atoms with E-state index in [1.165, 1.54) is 18.2 Å². The van der Waals surface area contributed by atoms with Crippen LogP contribution in [-0.2, 0) is 6.54 Å². The Bertz CT molecular complexity index is 1030. The first-order valence-electron chi connectivity index (χ1n) is 7.88. The van der Waals surface area contributed by atoms with Crippen molar-refractivity contribution in [2.75, 3.05) is 5.32 Å². The molecule has 0 aliphatic carbocycles. The smallest absolute Gasteiger partial charge is 0.282 e. The topological polar surface area (TPSA) is 90.1 Å². The molecule has 0 unspecified atom stereocenters. The molecule has 3 rings (SSSR count). The number of nitro groups is 1. The molecule has 2 aromatic carbocycles. The first-order valence-corrected chi connectivity index (χ1v) is 8.64. The monoisotopic (exact) mass is 404 g/mol. The summed E-state index contributed by atoms with van der Waals surface area (Å²) in [6.45, 7) is 2.27. The molecule has 0 aliphatic heterocycles. The molecule has 0 saturated carbocycles. The SMILES string of the molecule is Cc1cc(NC(=O)c2ccccc2[N+](=O)[O-])nn1Cc1ccc(Cl)c(Cl)c1. The Labute approximate surface area is 164 Å². The van der Waals surface area contributed by atoms with Crippen molar-refractivity contribution in [3.05, 3.63) is 85.5 Å². The number of para-hydroxylation sites is 1. The zero-order chi connectivity index (χ0) is 19.6. The molecule has 0 radical (unpaired) electrons. The molecule has 138 valence electrons. The Kier molecular flexibility index (Phi) is 5.43. The Morgan fingerprint density at radius 3 is 2.63 bits per heavy atom. The number of hydrogen-bond acceptors (Lipinski definition) is 4. The van der Waals surface area contributed by atoms with Gasteiger partial charge in [-0.1, -0.05) is 41.4 Å². The van der Waals surface area contributed by atoms with Crippen molar-refractivity contribution >= 4 is 40.6 Å². The number of aryl methyl sites for hydroxylation is 1. The van der Waals surface area contributed by atoms with E-state index in [0.29, 0.717) is 22.4 Å². The van der Waals surface area contributed by atoms with Gasteiger partial charge in [-0.2, -0.15) is 5.10 Å². The summed E-state index contributed by atoms with van der Waals surface area (Å²) in [5, 5.41) is 18.9. The predicted octanol–water partition coefficient (Wildman–Crippen LogP) is 4.71. The minimum atomic E-state index is -0.596. The van der Waals surface area contributed by atoms with Gasteiger partial charge in [0.1, 0.15) is 5.56 Å². The second-order valence-electron chi connectivity index (χ2n) is 5.81. The molecule has 0 bridgehead atoms. The van der Waals surface area contributed by atoms with Gasteiger partial charge < -0.3 is 5.32 Å². The van der Waals surface area contributed by atoms with Crippen LogP contribution in [0.3, 0.4) is 0 Å². The van der Waals surface area contributed by atoms with Gasteiger partial charge in [0.2, 0.25) is 0 Å². The number of aromatic nitrogens is 2. The lowest BCUT2D eigenvalue weighted by molar-refractivity contribution is -0.385. The van der Waals surface area contributed by atoms with Gasteiger partial charge in [0, 0.05) is 17.8 Å². The average molecular weight is 405 g/mol. The van der Waals surface area contributed by atoms with Crippen molar-refractivity contribution in [2.45, 2.75) is 13.5 Å². The van der Waals surface area contributed by atoms with Crippen molar-refractivity contribution < 1.29 is 9.72 Å². The Balaban J connectivity index is 1.79. The van der Waals surface area contributed by atoms with Crippen LogP contribution in [0.2, 0.25) is 10.0 Å². The van der Waals surface area contributed by atoms with E-state index in [0.717, 1.165) is 11.3 Å². The van der Waals surface area contributed by atoms with E-state index >= 15 is 0 Å². The number of halogens is 2. The first-order chi connectivity index (χ1) is 12.8. The zero-order valence-electron chi connectivity index (χ0n) is 14.1. The molecule has 0 aliphatic rings. The summed E-state index contributed by atoms with van der Waals surface area (Å²) in [5.74, 6) is -0.294. The van der Waals surface area contributed by atoms with E-state index in [1.807, 2.05) is 13.0 Å². The number of nitrogens with one attached hydrogen (secondary N) is 1.